The monoisotopic (exact) mass is 353 g/mol. The quantitative estimate of drug-likeness (QED) is 0.902. The van der Waals surface area contributed by atoms with Crippen molar-refractivity contribution in [2.24, 2.45) is 0 Å². The average molecular weight is 354 g/mol. The third-order valence-electron chi connectivity index (χ3n) is 4.51. The van der Waals surface area contributed by atoms with Crippen molar-refractivity contribution >= 4 is 50.0 Å². The lowest BCUT2D eigenvalue weighted by atomic mass is 10.0. The molecule has 1 unspecified atom stereocenters. The molecule has 2 saturated heterocycles. The number of hydrogen-bond acceptors (Lipinski definition) is 5. The molecular weight excluding hydrogens is 334 g/mol. The fourth-order valence-corrected chi connectivity index (χ4v) is 5.72. The van der Waals surface area contributed by atoms with Gasteiger partial charge >= 0.3 is 0 Å². The molecule has 0 bridgehead atoms. The fourth-order valence-electron chi connectivity index (χ4n) is 3.26. The molecule has 3 heterocycles. The molecule has 0 spiro atoms. The standard InChI is InChI=1S/C16H20ClN3S2/c17-11-1-2-14-15(9-11)22-16(19-14)20-6-3-12(4-7-20)18-13-5-8-21-10-13/h1-2,9,12-13,18H,3-8,10H2. The Morgan fingerprint density at radius 1 is 1.18 bits per heavy atom. The van der Waals surface area contributed by atoms with E-state index in [1.54, 1.807) is 11.3 Å². The third-order valence-corrected chi connectivity index (χ3v) is 6.98. The van der Waals surface area contributed by atoms with Crippen LogP contribution in [-0.4, -0.2) is 41.7 Å². The Morgan fingerprint density at radius 2 is 2.05 bits per heavy atom. The molecular formula is C16H20ClN3S2. The van der Waals surface area contributed by atoms with E-state index in [-0.39, 0.29) is 0 Å². The van der Waals surface area contributed by atoms with Crippen LogP contribution < -0.4 is 10.2 Å². The van der Waals surface area contributed by atoms with Gasteiger partial charge in [-0.2, -0.15) is 11.8 Å². The lowest BCUT2D eigenvalue weighted by Gasteiger charge is -2.33. The number of rotatable bonds is 3. The van der Waals surface area contributed by atoms with Crippen LogP contribution in [0.4, 0.5) is 5.13 Å². The second-order valence-electron chi connectivity index (χ2n) is 6.10. The van der Waals surface area contributed by atoms with Crippen LogP contribution in [0, 0.1) is 0 Å². The summed E-state index contributed by atoms with van der Waals surface area (Å²) in [5, 5.41) is 5.78. The average Bonchev–Trinajstić information content (AvgIpc) is 3.17. The predicted octanol–water partition coefficient (Wildman–Crippen LogP) is 4.01. The molecule has 2 aliphatic rings. The molecule has 0 saturated carbocycles. The molecule has 0 radical (unpaired) electrons. The summed E-state index contributed by atoms with van der Waals surface area (Å²) < 4.78 is 1.19. The molecule has 22 heavy (non-hydrogen) atoms. The number of hydrogen-bond donors (Lipinski definition) is 1. The number of anilines is 1. The highest BCUT2D eigenvalue weighted by Gasteiger charge is 2.25. The summed E-state index contributed by atoms with van der Waals surface area (Å²) in [5.41, 5.74) is 1.06. The summed E-state index contributed by atoms with van der Waals surface area (Å²) in [5.74, 6) is 2.61. The number of halogens is 1. The Hall–Kier alpha value is -0.490. The number of aromatic nitrogens is 1. The molecule has 3 nitrogen and oxygen atoms in total. The Labute approximate surface area is 144 Å². The zero-order chi connectivity index (χ0) is 14.9. The van der Waals surface area contributed by atoms with Gasteiger partial charge in [-0.1, -0.05) is 22.9 Å². The first kappa shape index (κ1) is 15.1. The number of thioether (sulfide) groups is 1. The van der Waals surface area contributed by atoms with Crippen molar-refractivity contribution in [2.75, 3.05) is 29.5 Å². The summed E-state index contributed by atoms with van der Waals surface area (Å²) >= 11 is 9.91. The molecule has 1 N–H and O–H groups in total. The van der Waals surface area contributed by atoms with Crippen LogP contribution in [0.1, 0.15) is 19.3 Å². The number of nitrogens with zero attached hydrogens (tertiary/aromatic N) is 2. The van der Waals surface area contributed by atoms with Gasteiger partial charge in [-0.15, -0.1) is 0 Å². The predicted molar refractivity (Wildman–Crippen MR) is 98.7 cm³/mol. The van der Waals surface area contributed by atoms with Crippen molar-refractivity contribution in [1.82, 2.24) is 10.3 Å². The van der Waals surface area contributed by atoms with Gasteiger partial charge < -0.3 is 10.2 Å². The molecule has 6 heteroatoms. The van der Waals surface area contributed by atoms with Crippen molar-refractivity contribution in [2.45, 2.75) is 31.3 Å². The van der Waals surface area contributed by atoms with Gasteiger partial charge in [0.2, 0.25) is 0 Å². The number of fused-ring (bicyclic) bond motifs is 1. The maximum atomic E-state index is 6.07. The molecule has 0 amide bonds. The van der Waals surface area contributed by atoms with Crippen molar-refractivity contribution in [3.05, 3.63) is 23.2 Å². The van der Waals surface area contributed by atoms with Crippen LogP contribution in [0.3, 0.4) is 0 Å². The van der Waals surface area contributed by atoms with Gasteiger partial charge in [0.05, 0.1) is 10.2 Å². The smallest absolute Gasteiger partial charge is 0.186 e. The van der Waals surface area contributed by atoms with E-state index in [9.17, 15) is 0 Å². The van der Waals surface area contributed by atoms with E-state index in [4.69, 9.17) is 16.6 Å². The maximum Gasteiger partial charge on any atom is 0.186 e. The Balaban J connectivity index is 1.39. The highest BCUT2D eigenvalue weighted by atomic mass is 35.5. The lowest BCUT2D eigenvalue weighted by molar-refractivity contribution is 0.379. The first-order valence-electron chi connectivity index (χ1n) is 7.93. The van der Waals surface area contributed by atoms with Crippen molar-refractivity contribution in [1.29, 1.82) is 0 Å². The van der Waals surface area contributed by atoms with Crippen LogP contribution in [0.5, 0.6) is 0 Å². The van der Waals surface area contributed by atoms with E-state index in [2.05, 4.69) is 22.0 Å². The Kier molecular flexibility index (Phi) is 4.49. The molecule has 1 aromatic carbocycles. The van der Waals surface area contributed by atoms with Crippen LogP contribution >= 0.6 is 34.7 Å². The number of benzene rings is 1. The van der Waals surface area contributed by atoms with E-state index in [1.807, 2.05) is 18.2 Å². The van der Waals surface area contributed by atoms with Crippen molar-refractivity contribution in [3.8, 4) is 0 Å². The normalized spacial score (nSPS) is 23.5. The van der Waals surface area contributed by atoms with Crippen LogP contribution in [-0.2, 0) is 0 Å². The summed E-state index contributed by atoms with van der Waals surface area (Å²) in [7, 11) is 0. The van der Waals surface area contributed by atoms with Crippen LogP contribution in [0.25, 0.3) is 10.2 Å². The van der Waals surface area contributed by atoms with Crippen LogP contribution in [0.15, 0.2) is 18.2 Å². The van der Waals surface area contributed by atoms with Gasteiger partial charge in [-0.25, -0.2) is 4.98 Å². The summed E-state index contributed by atoms with van der Waals surface area (Å²) in [6.07, 6.45) is 3.78. The van der Waals surface area contributed by atoms with E-state index >= 15 is 0 Å². The molecule has 2 aliphatic heterocycles. The first-order valence-corrected chi connectivity index (χ1v) is 10.3. The van der Waals surface area contributed by atoms with Crippen molar-refractivity contribution < 1.29 is 0 Å². The van der Waals surface area contributed by atoms with E-state index in [0.717, 1.165) is 34.8 Å². The zero-order valence-electron chi connectivity index (χ0n) is 12.4. The summed E-state index contributed by atoms with van der Waals surface area (Å²) in [6, 6.07) is 7.38. The largest absolute Gasteiger partial charge is 0.348 e. The highest BCUT2D eigenvalue weighted by Crippen LogP contribution is 2.32. The minimum atomic E-state index is 0.684. The minimum Gasteiger partial charge on any atom is -0.348 e. The molecule has 2 fully saturated rings. The second-order valence-corrected chi connectivity index (χ2v) is 8.69. The molecule has 1 atom stereocenters. The highest BCUT2D eigenvalue weighted by molar-refractivity contribution is 7.99. The van der Waals surface area contributed by atoms with Gasteiger partial charge in [0.25, 0.3) is 0 Å². The minimum absolute atomic E-state index is 0.684. The van der Waals surface area contributed by atoms with E-state index in [1.165, 1.54) is 35.5 Å². The second kappa shape index (κ2) is 6.56. The SMILES string of the molecule is Clc1ccc2nc(N3CCC(NC4CCSC4)CC3)sc2c1. The van der Waals surface area contributed by atoms with E-state index < -0.39 is 0 Å². The maximum absolute atomic E-state index is 6.07. The number of thiazole rings is 1. The van der Waals surface area contributed by atoms with Crippen molar-refractivity contribution in [3.63, 3.8) is 0 Å². The van der Waals surface area contributed by atoms with Gasteiger partial charge in [0.15, 0.2) is 5.13 Å². The molecule has 118 valence electrons. The van der Waals surface area contributed by atoms with Gasteiger partial charge in [-0.05, 0) is 43.2 Å². The van der Waals surface area contributed by atoms with Crippen LogP contribution in [0.2, 0.25) is 5.02 Å². The van der Waals surface area contributed by atoms with Gasteiger partial charge in [-0.3, -0.25) is 0 Å². The molecule has 1 aromatic heterocycles. The summed E-state index contributed by atoms with van der Waals surface area (Å²) in [6.45, 7) is 2.20. The zero-order valence-corrected chi connectivity index (χ0v) is 14.8. The Morgan fingerprint density at radius 3 is 2.82 bits per heavy atom. The van der Waals surface area contributed by atoms with Gasteiger partial charge in [0, 0.05) is 35.9 Å². The molecule has 2 aromatic rings. The van der Waals surface area contributed by atoms with E-state index in [0.29, 0.717) is 6.04 Å². The molecule has 4 rings (SSSR count). The summed E-state index contributed by atoms with van der Waals surface area (Å²) in [4.78, 5) is 7.20. The third kappa shape index (κ3) is 3.23. The molecule has 0 aliphatic carbocycles. The topological polar surface area (TPSA) is 28.2 Å². The fraction of sp³-hybridized carbons (Fsp3) is 0.562. The first-order chi connectivity index (χ1) is 10.8. The Bertz CT molecular complexity index is 646. The lowest BCUT2D eigenvalue weighted by Crippen LogP contribution is -2.46. The van der Waals surface area contributed by atoms with Gasteiger partial charge in [0.1, 0.15) is 0 Å². The number of piperidine rings is 1. The number of nitrogens with one attached hydrogen (secondary N) is 1.